The lowest BCUT2D eigenvalue weighted by Crippen LogP contribution is -2.32. The Morgan fingerprint density at radius 1 is 1.15 bits per heavy atom. The van der Waals surface area contributed by atoms with Gasteiger partial charge in [-0.25, -0.2) is 18.4 Å². The molecule has 12 heteroatoms. The Hall–Kier alpha value is -2.41. The standard InChI is InChI=1S/C22H26BrN7O3S/c1-13-17-11-26-22(28-20(17)30(21(31)19(13)23)15-4-2-3-5-15)27-18-7-6-16(10-25-18)34(32,33)29-9-8-14(24)12-29/h6-7,10-11,14-15H,2-5,8-9,12,24H2,1H3,(H,25,26,27,28). The van der Waals surface area contributed by atoms with Crippen LogP contribution in [-0.4, -0.2) is 51.4 Å². The second-order valence-corrected chi connectivity index (χ2v) is 11.6. The predicted octanol–water partition coefficient (Wildman–Crippen LogP) is 2.84. The Morgan fingerprint density at radius 3 is 2.56 bits per heavy atom. The number of sulfonamides is 1. The monoisotopic (exact) mass is 547 g/mol. The van der Waals surface area contributed by atoms with Gasteiger partial charge in [0.1, 0.15) is 16.4 Å². The molecule has 180 valence electrons. The van der Waals surface area contributed by atoms with Gasteiger partial charge in [-0.2, -0.15) is 9.29 Å². The molecule has 1 unspecified atom stereocenters. The summed E-state index contributed by atoms with van der Waals surface area (Å²) in [6.45, 7) is 2.59. The van der Waals surface area contributed by atoms with Gasteiger partial charge >= 0.3 is 0 Å². The van der Waals surface area contributed by atoms with Crippen molar-refractivity contribution in [3.05, 3.63) is 44.9 Å². The van der Waals surface area contributed by atoms with Crippen molar-refractivity contribution in [1.82, 2.24) is 23.8 Å². The molecule has 1 atom stereocenters. The highest BCUT2D eigenvalue weighted by Crippen LogP contribution is 2.32. The summed E-state index contributed by atoms with van der Waals surface area (Å²) in [6.07, 6.45) is 7.72. The Morgan fingerprint density at radius 2 is 1.91 bits per heavy atom. The number of nitrogens with two attached hydrogens (primary N) is 1. The Kier molecular flexibility index (Phi) is 6.17. The van der Waals surface area contributed by atoms with E-state index in [1.807, 2.05) is 6.92 Å². The molecule has 0 amide bonds. The summed E-state index contributed by atoms with van der Waals surface area (Å²) in [6, 6.07) is 3.05. The van der Waals surface area contributed by atoms with Gasteiger partial charge in [0.25, 0.3) is 5.56 Å². The van der Waals surface area contributed by atoms with Crippen molar-refractivity contribution < 1.29 is 8.42 Å². The molecule has 3 aromatic rings. The van der Waals surface area contributed by atoms with Crippen LogP contribution >= 0.6 is 15.9 Å². The van der Waals surface area contributed by atoms with Crippen molar-refractivity contribution in [3.63, 3.8) is 0 Å². The third-order valence-electron chi connectivity index (χ3n) is 6.63. The van der Waals surface area contributed by atoms with Crippen molar-refractivity contribution in [2.75, 3.05) is 18.4 Å². The molecule has 1 saturated carbocycles. The molecule has 2 aliphatic rings. The van der Waals surface area contributed by atoms with Gasteiger partial charge in [-0.1, -0.05) is 12.8 Å². The van der Waals surface area contributed by atoms with E-state index < -0.39 is 10.0 Å². The van der Waals surface area contributed by atoms with Crippen molar-refractivity contribution in [2.24, 2.45) is 5.73 Å². The maximum Gasteiger partial charge on any atom is 0.267 e. The molecule has 3 aromatic heterocycles. The highest BCUT2D eigenvalue weighted by atomic mass is 79.9. The van der Waals surface area contributed by atoms with Gasteiger partial charge in [-0.15, -0.1) is 0 Å². The number of fused-ring (bicyclic) bond motifs is 1. The van der Waals surface area contributed by atoms with E-state index in [9.17, 15) is 13.2 Å². The number of nitrogens with zero attached hydrogens (tertiary/aromatic N) is 5. The number of halogens is 1. The topological polar surface area (TPSA) is 136 Å². The molecular formula is C22H26BrN7O3S. The predicted molar refractivity (Wildman–Crippen MR) is 133 cm³/mol. The summed E-state index contributed by atoms with van der Waals surface area (Å²) < 4.78 is 29.3. The maximum absolute atomic E-state index is 13.1. The normalized spacial score (nSPS) is 19.8. The van der Waals surface area contributed by atoms with E-state index in [1.54, 1.807) is 16.8 Å². The summed E-state index contributed by atoms with van der Waals surface area (Å²) in [5.74, 6) is 0.689. The molecule has 0 bridgehead atoms. The fraction of sp³-hybridized carbons (Fsp3) is 0.455. The molecule has 1 saturated heterocycles. The molecule has 0 spiro atoms. The zero-order valence-electron chi connectivity index (χ0n) is 18.7. The molecular weight excluding hydrogens is 522 g/mol. The van der Waals surface area contributed by atoms with Gasteiger partial charge in [-0.3, -0.25) is 9.36 Å². The number of nitrogens with one attached hydrogen (secondary N) is 1. The first kappa shape index (κ1) is 23.3. The van der Waals surface area contributed by atoms with Gasteiger partial charge in [0, 0.05) is 43.0 Å². The number of hydrogen-bond acceptors (Lipinski definition) is 8. The zero-order chi connectivity index (χ0) is 24.0. The quantitative estimate of drug-likeness (QED) is 0.497. The van der Waals surface area contributed by atoms with E-state index in [0.717, 1.165) is 36.6 Å². The lowest BCUT2D eigenvalue weighted by atomic mass is 10.1. The molecule has 10 nitrogen and oxygen atoms in total. The number of hydrogen-bond donors (Lipinski definition) is 2. The fourth-order valence-electron chi connectivity index (χ4n) is 4.71. The van der Waals surface area contributed by atoms with Crippen molar-refractivity contribution >= 4 is 48.8 Å². The van der Waals surface area contributed by atoms with E-state index >= 15 is 0 Å². The SMILES string of the molecule is Cc1c(Br)c(=O)n(C2CCCC2)c2nc(Nc3ccc(S(=O)(=O)N4CCC(N)C4)cn3)ncc12. The smallest absolute Gasteiger partial charge is 0.267 e. The minimum Gasteiger partial charge on any atom is -0.326 e. The first-order valence-electron chi connectivity index (χ1n) is 11.3. The minimum atomic E-state index is -3.63. The average molecular weight is 548 g/mol. The van der Waals surface area contributed by atoms with E-state index in [2.05, 4.69) is 36.2 Å². The van der Waals surface area contributed by atoms with Gasteiger partial charge < -0.3 is 11.1 Å². The summed E-state index contributed by atoms with van der Waals surface area (Å²) in [7, 11) is -3.63. The van der Waals surface area contributed by atoms with E-state index in [4.69, 9.17) is 5.73 Å². The van der Waals surface area contributed by atoms with Crippen molar-refractivity contribution in [2.45, 2.75) is 56.0 Å². The number of rotatable bonds is 5. The van der Waals surface area contributed by atoms with E-state index in [1.165, 1.54) is 16.6 Å². The molecule has 2 fully saturated rings. The van der Waals surface area contributed by atoms with Crippen LogP contribution < -0.4 is 16.6 Å². The van der Waals surface area contributed by atoms with Crippen LogP contribution in [0.2, 0.25) is 0 Å². The molecule has 3 N–H and O–H groups in total. The number of aryl methyl sites for hydroxylation is 1. The fourth-order valence-corrected chi connectivity index (χ4v) is 6.57. The Balaban J connectivity index is 1.46. The van der Waals surface area contributed by atoms with Gasteiger partial charge in [-0.05, 0) is 59.8 Å². The molecule has 5 rings (SSSR count). The van der Waals surface area contributed by atoms with E-state index in [-0.39, 0.29) is 28.5 Å². The molecule has 1 aliphatic carbocycles. The van der Waals surface area contributed by atoms with Crippen LogP contribution in [0.15, 0.2) is 38.7 Å². The van der Waals surface area contributed by atoms with E-state index in [0.29, 0.717) is 35.4 Å². The first-order chi connectivity index (χ1) is 16.3. The lowest BCUT2D eigenvalue weighted by Gasteiger charge is -2.18. The van der Waals surface area contributed by atoms with Crippen LogP contribution in [0.5, 0.6) is 0 Å². The second kappa shape index (κ2) is 8.99. The molecule has 0 radical (unpaired) electrons. The summed E-state index contributed by atoms with van der Waals surface area (Å²) in [5, 5.41) is 3.84. The van der Waals surface area contributed by atoms with Gasteiger partial charge in [0.15, 0.2) is 0 Å². The summed E-state index contributed by atoms with van der Waals surface area (Å²) in [5.41, 5.74) is 7.15. The first-order valence-corrected chi connectivity index (χ1v) is 13.5. The zero-order valence-corrected chi connectivity index (χ0v) is 21.1. The van der Waals surface area contributed by atoms with Crippen LogP contribution in [0.1, 0.15) is 43.7 Å². The average Bonchev–Trinajstić information content (AvgIpc) is 3.51. The summed E-state index contributed by atoms with van der Waals surface area (Å²) in [4.78, 5) is 26.5. The van der Waals surface area contributed by atoms with Crippen LogP contribution in [0.4, 0.5) is 11.8 Å². The summed E-state index contributed by atoms with van der Waals surface area (Å²) >= 11 is 3.45. The maximum atomic E-state index is 13.1. The van der Waals surface area contributed by atoms with Gasteiger partial charge in [0.05, 0.1) is 4.47 Å². The van der Waals surface area contributed by atoms with Crippen LogP contribution in [0, 0.1) is 6.92 Å². The van der Waals surface area contributed by atoms with Crippen molar-refractivity contribution in [3.8, 4) is 0 Å². The largest absolute Gasteiger partial charge is 0.326 e. The van der Waals surface area contributed by atoms with Crippen LogP contribution in [0.3, 0.4) is 0 Å². The molecule has 1 aliphatic heterocycles. The van der Waals surface area contributed by atoms with Crippen LogP contribution in [-0.2, 0) is 10.0 Å². The third-order valence-corrected chi connectivity index (χ3v) is 9.41. The highest BCUT2D eigenvalue weighted by molar-refractivity contribution is 9.10. The van der Waals surface area contributed by atoms with Crippen molar-refractivity contribution in [1.29, 1.82) is 0 Å². The number of aromatic nitrogens is 4. The second-order valence-electron chi connectivity index (χ2n) is 8.90. The number of anilines is 2. The Labute approximate surface area is 205 Å². The van der Waals surface area contributed by atoms with Crippen LogP contribution in [0.25, 0.3) is 11.0 Å². The minimum absolute atomic E-state index is 0.0872. The third kappa shape index (κ3) is 4.12. The highest BCUT2D eigenvalue weighted by Gasteiger charge is 2.31. The molecule has 4 heterocycles. The molecule has 0 aromatic carbocycles. The Bertz CT molecular complexity index is 1400. The number of pyridine rings is 2. The lowest BCUT2D eigenvalue weighted by molar-refractivity contribution is 0.472. The molecule has 34 heavy (non-hydrogen) atoms. The van der Waals surface area contributed by atoms with Gasteiger partial charge in [0.2, 0.25) is 16.0 Å².